The first-order valence-electron chi connectivity index (χ1n) is 6.88. The van der Waals surface area contributed by atoms with Crippen molar-refractivity contribution < 1.29 is 4.79 Å². The summed E-state index contributed by atoms with van der Waals surface area (Å²) in [5.74, 6) is 0.168. The quantitative estimate of drug-likeness (QED) is 0.788. The van der Waals surface area contributed by atoms with Crippen LogP contribution in [0.4, 0.5) is 0 Å². The highest BCUT2D eigenvalue weighted by atomic mass is 35.5. The average molecular weight is 306 g/mol. The molecule has 2 nitrogen and oxygen atoms in total. The van der Waals surface area contributed by atoms with E-state index in [0.29, 0.717) is 0 Å². The van der Waals surface area contributed by atoms with Gasteiger partial charge in [0.1, 0.15) is 0 Å². The number of carbonyl (C=O) groups is 1. The molecule has 1 aromatic carbocycles. The minimum Gasteiger partial charge on any atom is -0.339 e. The highest BCUT2D eigenvalue weighted by molar-refractivity contribution is 7.13. The Morgan fingerprint density at radius 2 is 1.80 bits per heavy atom. The first-order valence-corrected chi connectivity index (χ1v) is 8.13. The van der Waals surface area contributed by atoms with E-state index in [1.165, 1.54) is 6.42 Å². The maximum atomic E-state index is 12.4. The highest BCUT2D eigenvalue weighted by Crippen LogP contribution is 2.29. The van der Waals surface area contributed by atoms with Crippen molar-refractivity contribution in [1.82, 2.24) is 4.90 Å². The number of benzene rings is 1. The van der Waals surface area contributed by atoms with Crippen molar-refractivity contribution in [2.24, 2.45) is 0 Å². The molecule has 1 saturated heterocycles. The summed E-state index contributed by atoms with van der Waals surface area (Å²) in [4.78, 5) is 15.5. The fraction of sp³-hybridized carbons (Fsp3) is 0.312. The maximum absolute atomic E-state index is 12.4. The van der Waals surface area contributed by atoms with Gasteiger partial charge in [-0.25, -0.2) is 0 Å². The Hall–Kier alpha value is -1.32. The molecule has 20 heavy (non-hydrogen) atoms. The average Bonchev–Trinajstić information content (AvgIpc) is 2.98. The van der Waals surface area contributed by atoms with Gasteiger partial charge in [0, 0.05) is 28.4 Å². The highest BCUT2D eigenvalue weighted by Gasteiger charge is 2.19. The molecule has 0 bridgehead atoms. The summed E-state index contributed by atoms with van der Waals surface area (Å²) in [6.07, 6.45) is 3.49. The molecule has 104 valence electrons. The number of piperidine rings is 1. The Kier molecular flexibility index (Phi) is 4.08. The van der Waals surface area contributed by atoms with Gasteiger partial charge in [-0.1, -0.05) is 23.7 Å². The molecule has 1 aliphatic rings. The molecule has 0 N–H and O–H groups in total. The van der Waals surface area contributed by atoms with Crippen LogP contribution in [-0.2, 0) is 0 Å². The normalized spacial score (nSPS) is 15.3. The third-order valence-corrected chi connectivity index (χ3v) is 4.85. The molecule has 0 spiro atoms. The second kappa shape index (κ2) is 5.98. The summed E-state index contributed by atoms with van der Waals surface area (Å²) >= 11 is 7.51. The summed E-state index contributed by atoms with van der Waals surface area (Å²) in [7, 11) is 0. The Balaban J connectivity index is 1.79. The minimum absolute atomic E-state index is 0.168. The van der Waals surface area contributed by atoms with E-state index in [0.717, 1.165) is 47.0 Å². The van der Waals surface area contributed by atoms with Crippen LogP contribution in [0.15, 0.2) is 35.7 Å². The molecule has 2 heterocycles. The van der Waals surface area contributed by atoms with Gasteiger partial charge in [0.2, 0.25) is 0 Å². The summed E-state index contributed by atoms with van der Waals surface area (Å²) in [5, 5.41) is 2.69. The van der Waals surface area contributed by atoms with Gasteiger partial charge < -0.3 is 4.90 Å². The molecule has 4 heteroatoms. The number of carbonyl (C=O) groups excluding carboxylic acids is 1. The minimum atomic E-state index is 0.168. The second-order valence-corrected chi connectivity index (χ2v) is 6.41. The zero-order valence-electron chi connectivity index (χ0n) is 11.1. The van der Waals surface area contributed by atoms with Crippen LogP contribution in [0.3, 0.4) is 0 Å². The van der Waals surface area contributed by atoms with Crippen molar-refractivity contribution in [1.29, 1.82) is 0 Å². The van der Waals surface area contributed by atoms with E-state index in [1.807, 2.05) is 40.6 Å². The number of amides is 1. The maximum Gasteiger partial charge on any atom is 0.254 e. The second-order valence-electron chi connectivity index (χ2n) is 5.06. The Morgan fingerprint density at radius 3 is 2.50 bits per heavy atom. The van der Waals surface area contributed by atoms with Gasteiger partial charge in [-0.05, 0) is 43.0 Å². The number of hydrogen-bond donors (Lipinski definition) is 0. The fourth-order valence-electron chi connectivity index (χ4n) is 2.49. The number of rotatable bonds is 2. The molecule has 0 radical (unpaired) electrons. The van der Waals surface area contributed by atoms with Gasteiger partial charge >= 0.3 is 0 Å². The lowest BCUT2D eigenvalue weighted by Crippen LogP contribution is -2.35. The number of halogens is 1. The number of likely N-dealkylation sites (tertiary alicyclic amines) is 1. The first-order chi connectivity index (χ1) is 9.74. The van der Waals surface area contributed by atoms with Crippen LogP contribution < -0.4 is 0 Å². The van der Waals surface area contributed by atoms with E-state index in [1.54, 1.807) is 11.3 Å². The third kappa shape index (κ3) is 2.89. The molecule has 1 fully saturated rings. The molecule has 1 amide bonds. The van der Waals surface area contributed by atoms with E-state index < -0.39 is 0 Å². The topological polar surface area (TPSA) is 20.3 Å². The lowest BCUT2D eigenvalue weighted by atomic mass is 10.1. The molecule has 0 saturated carbocycles. The first kappa shape index (κ1) is 13.7. The van der Waals surface area contributed by atoms with E-state index in [2.05, 4.69) is 0 Å². The summed E-state index contributed by atoms with van der Waals surface area (Å²) in [6, 6.07) is 9.73. The summed E-state index contributed by atoms with van der Waals surface area (Å²) in [5.41, 5.74) is 1.92. The molecule has 0 aliphatic carbocycles. The van der Waals surface area contributed by atoms with Gasteiger partial charge in [0.25, 0.3) is 5.91 Å². The molecular weight excluding hydrogens is 290 g/mol. The molecule has 1 aromatic heterocycles. The van der Waals surface area contributed by atoms with Crippen molar-refractivity contribution >= 4 is 28.8 Å². The lowest BCUT2D eigenvalue weighted by Gasteiger charge is -2.26. The van der Waals surface area contributed by atoms with Crippen LogP contribution in [0.25, 0.3) is 10.4 Å². The summed E-state index contributed by atoms with van der Waals surface area (Å²) in [6.45, 7) is 1.79. The third-order valence-electron chi connectivity index (χ3n) is 3.62. The zero-order valence-corrected chi connectivity index (χ0v) is 12.7. The Morgan fingerprint density at radius 1 is 1.10 bits per heavy atom. The van der Waals surface area contributed by atoms with Crippen molar-refractivity contribution in [3.05, 3.63) is 46.3 Å². The van der Waals surface area contributed by atoms with Gasteiger partial charge in [0.05, 0.1) is 5.56 Å². The van der Waals surface area contributed by atoms with Crippen LogP contribution in [0, 0.1) is 0 Å². The van der Waals surface area contributed by atoms with Crippen molar-refractivity contribution in [2.75, 3.05) is 13.1 Å². The molecular formula is C16H16ClNOS. The fourth-order valence-corrected chi connectivity index (χ4v) is 3.51. The molecule has 3 rings (SSSR count). The van der Waals surface area contributed by atoms with Gasteiger partial charge in [-0.15, -0.1) is 11.3 Å². The molecule has 0 atom stereocenters. The standard InChI is InChI=1S/C16H16ClNOS/c17-14-6-4-12(5-7-14)15-10-13(11-20-15)16(19)18-8-2-1-3-9-18/h4-7,10-11H,1-3,8-9H2. The van der Waals surface area contributed by atoms with E-state index >= 15 is 0 Å². The SMILES string of the molecule is O=C(c1csc(-c2ccc(Cl)cc2)c1)N1CCCCC1. The summed E-state index contributed by atoms with van der Waals surface area (Å²) < 4.78 is 0. The number of thiophene rings is 1. The number of nitrogens with zero attached hydrogens (tertiary/aromatic N) is 1. The predicted octanol–water partition coefficient (Wildman–Crippen LogP) is 4.69. The van der Waals surface area contributed by atoms with Crippen LogP contribution in [-0.4, -0.2) is 23.9 Å². The van der Waals surface area contributed by atoms with E-state index in [4.69, 9.17) is 11.6 Å². The van der Waals surface area contributed by atoms with Gasteiger partial charge in [-0.2, -0.15) is 0 Å². The largest absolute Gasteiger partial charge is 0.339 e. The van der Waals surface area contributed by atoms with E-state index in [-0.39, 0.29) is 5.91 Å². The molecule has 2 aromatic rings. The van der Waals surface area contributed by atoms with Crippen LogP contribution in [0.2, 0.25) is 5.02 Å². The lowest BCUT2D eigenvalue weighted by molar-refractivity contribution is 0.0725. The predicted molar refractivity (Wildman–Crippen MR) is 84.5 cm³/mol. The van der Waals surface area contributed by atoms with Crippen molar-refractivity contribution in [3.8, 4) is 10.4 Å². The van der Waals surface area contributed by atoms with Gasteiger partial charge in [-0.3, -0.25) is 4.79 Å². The van der Waals surface area contributed by atoms with Crippen LogP contribution in [0.1, 0.15) is 29.6 Å². The van der Waals surface area contributed by atoms with Crippen LogP contribution in [0.5, 0.6) is 0 Å². The molecule has 1 aliphatic heterocycles. The van der Waals surface area contributed by atoms with E-state index in [9.17, 15) is 4.79 Å². The monoisotopic (exact) mass is 305 g/mol. The Labute approximate surface area is 128 Å². The molecule has 0 unspecified atom stereocenters. The van der Waals surface area contributed by atoms with Crippen LogP contribution >= 0.6 is 22.9 Å². The smallest absolute Gasteiger partial charge is 0.254 e. The van der Waals surface area contributed by atoms with Crippen molar-refractivity contribution in [2.45, 2.75) is 19.3 Å². The van der Waals surface area contributed by atoms with Gasteiger partial charge in [0.15, 0.2) is 0 Å². The Bertz CT molecular complexity index is 599. The zero-order chi connectivity index (χ0) is 13.9. The van der Waals surface area contributed by atoms with Crippen molar-refractivity contribution in [3.63, 3.8) is 0 Å². The number of hydrogen-bond acceptors (Lipinski definition) is 2.